The van der Waals surface area contributed by atoms with E-state index in [0.29, 0.717) is 4.88 Å². The lowest BCUT2D eigenvalue weighted by molar-refractivity contribution is -0.116. The number of benzene rings is 1. The molecule has 0 aliphatic heterocycles. The van der Waals surface area contributed by atoms with Gasteiger partial charge in [-0.15, -0.1) is 11.3 Å². The Labute approximate surface area is 123 Å². The van der Waals surface area contributed by atoms with Crippen molar-refractivity contribution in [1.82, 2.24) is 5.32 Å². The first-order valence-electron chi connectivity index (χ1n) is 6.13. The first-order chi connectivity index (χ1) is 10.1. The molecule has 1 aromatic heterocycles. The van der Waals surface area contributed by atoms with Crippen LogP contribution in [0.15, 0.2) is 35.7 Å². The normalized spacial score (nSPS) is 10.2. The number of rotatable bonds is 5. The number of carbonyl (C=O) groups is 2. The van der Waals surface area contributed by atoms with Crippen molar-refractivity contribution in [2.24, 2.45) is 0 Å². The molecular weight excluding hydrogens is 298 g/mol. The number of anilines is 1. The van der Waals surface area contributed by atoms with Crippen LogP contribution in [0.4, 0.5) is 14.5 Å². The molecule has 0 fully saturated rings. The van der Waals surface area contributed by atoms with Crippen molar-refractivity contribution in [3.05, 3.63) is 52.2 Å². The van der Waals surface area contributed by atoms with Gasteiger partial charge in [0.25, 0.3) is 5.91 Å². The number of amides is 2. The summed E-state index contributed by atoms with van der Waals surface area (Å²) in [7, 11) is 0. The van der Waals surface area contributed by atoms with E-state index >= 15 is 0 Å². The number of carbonyl (C=O) groups excluding carboxylic acids is 2. The minimum absolute atomic E-state index is 0.0347. The van der Waals surface area contributed by atoms with Crippen LogP contribution in [0.5, 0.6) is 0 Å². The van der Waals surface area contributed by atoms with Gasteiger partial charge in [0.05, 0.1) is 10.6 Å². The van der Waals surface area contributed by atoms with Gasteiger partial charge in [-0.1, -0.05) is 6.07 Å². The molecule has 2 amide bonds. The molecule has 1 heterocycles. The molecule has 0 spiro atoms. The summed E-state index contributed by atoms with van der Waals surface area (Å²) < 4.78 is 26.3. The molecule has 0 bridgehead atoms. The second-order valence-corrected chi connectivity index (χ2v) is 5.10. The van der Waals surface area contributed by atoms with Crippen LogP contribution >= 0.6 is 11.3 Å². The minimum Gasteiger partial charge on any atom is -0.351 e. The fourth-order valence-electron chi connectivity index (χ4n) is 1.59. The third-order valence-corrected chi connectivity index (χ3v) is 3.45. The highest BCUT2D eigenvalue weighted by Crippen LogP contribution is 2.15. The van der Waals surface area contributed by atoms with Gasteiger partial charge in [0.15, 0.2) is 0 Å². The Morgan fingerprint density at radius 1 is 1.19 bits per heavy atom. The summed E-state index contributed by atoms with van der Waals surface area (Å²) in [5.41, 5.74) is -0.218. The standard InChI is InChI=1S/C14H12F2N2O2S/c15-9-3-4-10(16)11(8-9)18-13(19)5-6-17-14(20)12-2-1-7-21-12/h1-4,7-8H,5-6H2,(H,17,20)(H,18,19). The van der Waals surface area contributed by atoms with Gasteiger partial charge in [-0.05, 0) is 23.6 Å². The average Bonchev–Trinajstić information content (AvgIpc) is 2.97. The van der Waals surface area contributed by atoms with Gasteiger partial charge in [-0.2, -0.15) is 0 Å². The number of nitrogens with one attached hydrogen (secondary N) is 2. The van der Waals surface area contributed by atoms with Crippen molar-refractivity contribution in [1.29, 1.82) is 0 Å². The largest absolute Gasteiger partial charge is 0.351 e. The molecule has 0 unspecified atom stereocenters. The summed E-state index contributed by atoms with van der Waals surface area (Å²) in [6, 6.07) is 6.22. The lowest BCUT2D eigenvalue weighted by Gasteiger charge is -2.07. The van der Waals surface area contributed by atoms with Crippen LogP contribution in [-0.4, -0.2) is 18.4 Å². The fraction of sp³-hybridized carbons (Fsp3) is 0.143. The Balaban J connectivity index is 1.80. The summed E-state index contributed by atoms with van der Waals surface area (Å²) in [5.74, 6) is -2.13. The average molecular weight is 310 g/mol. The van der Waals surface area contributed by atoms with Crippen molar-refractivity contribution in [3.8, 4) is 0 Å². The highest BCUT2D eigenvalue weighted by Gasteiger charge is 2.10. The zero-order chi connectivity index (χ0) is 15.2. The number of thiophene rings is 1. The Bertz CT molecular complexity index is 644. The maximum Gasteiger partial charge on any atom is 0.261 e. The highest BCUT2D eigenvalue weighted by atomic mass is 32.1. The van der Waals surface area contributed by atoms with Gasteiger partial charge in [-0.25, -0.2) is 8.78 Å². The zero-order valence-corrected chi connectivity index (χ0v) is 11.7. The van der Waals surface area contributed by atoms with Crippen molar-refractivity contribution >= 4 is 28.8 Å². The quantitative estimate of drug-likeness (QED) is 0.892. The van der Waals surface area contributed by atoms with Gasteiger partial charge in [0.2, 0.25) is 5.91 Å². The van der Waals surface area contributed by atoms with Gasteiger partial charge in [-0.3, -0.25) is 9.59 Å². The molecule has 0 aliphatic carbocycles. The van der Waals surface area contributed by atoms with E-state index in [2.05, 4.69) is 10.6 Å². The topological polar surface area (TPSA) is 58.2 Å². The van der Waals surface area contributed by atoms with E-state index in [4.69, 9.17) is 0 Å². The third kappa shape index (κ3) is 4.35. The predicted octanol–water partition coefficient (Wildman–Crippen LogP) is 2.78. The van der Waals surface area contributed by atoms with Crippen LogP contribution in [0.25, 0.3) is 0 Å². The molecule has 0 saturated heterocycles. The summed E-state index contributed by atoms with van der Waals surface area (Å²) >= 11 is 1.29. The van der Waals surface area contributed by atoms with Crippen molar-refractivity contribution in [2.75, 3.05) is 11.9 Å². The lowest BCUT2D eigenvalue weighted by Crippen LogP contribution is -2.27. The fourth-order valence-corrected chi connectivity index (χ4v) is 2.23. The first-order valence-corrected chi connectivity index (χ1v) is 7.01. The summed E-state index contributed by atoms with van der Waals surface area (Å²) in [5, 5.41) is 6.60. The van der Waals surface area contributed by atoms with Crippen LogP contribution in [0, 0.1) is 11.6 Å². The molecule has 2 rings (SSSR count). The molecule has 1 aromatic carbocycles. The second kappa shape index (κ2) is 6.94. The van der Waals surface area contributed by atoms with Crippen LogP contribution in [-0.2, 0) is 4.79 Å². The maximum absolute atomic E-state index is 13.3. The van der Waals surface area contributed by atoms with E-state index in [0.717, 1.165) is 18.2 Å². The van der Waals surface area contributed by atoms with Gasteiger partial charge < -0.3 is 10.6 Å². The van der Waals surface area contributed by atoms with E-state index in [-0.39, 0.29) is 24.6 Å². The highest BCUT2D eigenvalue weighted by molar-refractivity contribution is 7.12. The van der Waals surface area contributed by atoms with Crippen LogP contribution < -0.4 is 10.6 Å². The second-order valence-electron chi connectivity index (χ2n) is 4.16. The smallest absolute Gasteiger partial charge is 0.261 e. The molecule has 4 nitrogen and oxygen atoms in total. The van der Waals surface area contributed by atoms with Crippen molar-refractivity contribution in [3.63, 3.8) is 0 Å². The van der Waals surface area contributed by atoms with Gasteiger partial charge in [0.1, 0.15) is 11.6 Å². The van der Waals surface area contributed by atoms with Crippen molar-refractivity contribution < 1.29 is 18.4 Å². The first kappa shape index (κ1) is 15.1. The Morgan fingerprint density at radius 2 is 2.00 bits per heavy atom. The molecule has 0 atom stereocenters. The lowest BCUT2D eigenvalue weighted by atomic mass is 10.3. The van der Waals surface area contributed by atoms with Crippen LogP contribution in [0.1, 0.15) is 16.1 Å². The SMILES string of the molecule is O=C(CCNC(=O)c1cccs1)Nc1cc(F)ccc1F. The maximum atomic E-state index is 13.3. The molecule has 0 saturated carbocycles. The molecule has 2 aromatic rings. The molecule has 7 heteroatoms. The minimum atomic E-state index is -0.715. The predicted molar refractivity (Wildman–Crippen MR) is 76.3 cm³/mol. The Morgan fingerprint density at radius 3 is 2.71 bits per heavy atom. The molecular formula is C14H12F2N2O2S. The Hall–Kier alpha value is -2.28. The van der Waals surface area contributed by atoms with Gasteiger partial charge in [0, 0.05) is 19.0 Å². The van der Waals surface area contributed by atoms with Gasteiger partial charge >= 0.3 is 0 Å². The number of halogens is 2. The van der Waals surface area contributed by atoms with E-state index < -0.39 is 17.5 Å². The monoisotopic (exact) mass is 310 g/mol. The van der Waals surface area contributed by atoms with Crippen LogP contribution in [0.3, 0.4) is 0 Å². The van der Waals surface area contributed by atoms with E-state index in [1.807, 2.05) is 0 Å². The molecule has 0 radical (unpaired) electrons. The summed E-state index contributed by atoms with van der Waals surface area (Å²) in [6.45, 7) is 0.111. The molecule has 0 aliphatic rings. The van der Waals surface area contributed by atoms with E-state index in [9.17, 15) is 18.4 Å². The Kier molecular flexibility index (Phi) is 4.99. The number of hydrogen-bond donors (Lipinski definition) is 2. The van der Waals surface area contributed by atoms with Crippen LogP contribution in [0.2, 0.25) is 0 Å². The number of hydrogen-bond acceptors (Lipinski definition) is 3. The summed E-state index contributed by atoms with van der Waals surface area (Å²) in [6.07, 6.45) is -0.0347. The third-order valence-electron chi connectivity index (χ3n) is 2.59. The molecule has 2 N–H and O–H groups in total. The van der Waals surface area contributed by atoms with E-state index in [1.165, 1.54) is 11.3 Å². The zero-order valence-electron chi connectivity index (χ0n) is 10.9. The molecule has 21 heavy (non-hydrogen) atoms. The molecule has 110 valence electrons. The van der Waals surface area contributed by atoms with E-state index in [1.54, 1.807) is 17.5 Å². The summed E-state index contributed by atoms with van der Waals surface area (Å²) in [4.78, 5) is 23.7. The van der Waals surface area contributed by atoms with Crippen molar-refractivity contribution in [2.45, 2.75) is 6.42 Å².